The molecule has 17 heavy (non-hydrogen) atoms. The molecule has 0 radical (unpaired) electrons. The largest absolute Gasteiger partial charge is 0.508 e. The van der Waals surface area contributed by atoms with Crippen LogP contribution in [0.4, 0.5) is 0 Å². The summed E-state index contributed by atoms with van der Waals surface area (Å²) >= 11 is 9.35. The minimum absolute atomic E-state index is 0.154. The number of halogens is 2. The highest BCUT2D eigenvalue weighted by Crippen LogP contribution is 2.24. The minimum atomic E-state index is 0.154. The van der Waals surface area contributed by atoms with Crippen molar-refractivity contribution < 1.29 is 9.84 Å². The summed E-state index contributed by atoms with van der Waals surface area (Å²) in [5.74, 6) is 0.921. The Balaban J connectivity index is 2.07. The molecule has 0 aliphatic heterocycles. The number of hydrogen-bond donors (Lipinski definition) is 1. The van der Waals surface area contributed by atoms with Gasteiger partial charge in [0.15, 0.2) is 0 Å². The Kier molecular flexibility index (Phi) is 3.92. The van der Waals surface area contributed by atoms with Gasteiger partial charge in [0.1, 0.15) is 18.1 Å². The molecule has 4 heteroatoms. The molecule has 0 amide bonds. The van der Waals surface area contributed by atoms with Crippen molar-refractivity contribution in [2.24, 2.45) is 0 Å². The molecule has 0 fully saturated rings. The summed E-state index contributed by atoms with van der Waals surface area (Å²) in [5.41, 5.74) is 0.837. The number of phenolic OH excluding ortho intramolecular Hbond substituents is 1. The zero-order chi connectivity index (χ0) is 12.3. The van der Waals surface area contributed by atoms with Crippen molar-refractivity contribution in [3.8, 4) is 11.5 Å². The van der Waals surface area contributed by atoms with Crippen LogP contribution in [0.3, 0.4) is 0 Å². The molecule has 88 valence electrons. The fourth-order valence-corrected chi connectivity index (χ4v) is 1.98. The smallest absolute Gasteiger partial charge is 0.120 e. The van der Waals surface area contributed by atoms with Crippen LogP contribution in [0, 0.1) is 0 Å². The van der Waals surface area contributed by atoms with Gasteiger partial charge >= 0.3 is 0 Å². The highest BCUT2D eigenvalue weighted by atomic mass is 79.9. The fraction of sp³-hybridized carbons (Fsp3) is 0.0769. The predicted octanol–water partition coefficient (Wildman–Crippen LogP) is 4.39. The third-order valence-corrected chi connectivity index (χ3v) is 3.07. The van der Waals surface area contributed by atoms with E-state index in [1.165, 1.54) is 6.07 Å². The molecule has 0 unspecified atom stereocenters. The second kappa shape index (κ2) is 5.43. The van der Waals surface area contributed by atoms with E-state index in [9.17, 15) is 5.11 Å². The van der Waals surface area contributed by atoms with Crippen LogP contribution in [0.25, 0.3) is 0 Å². The first kappa shape index (κ1) is 12.3. The Morgan fingerprint density at radius 2 is 2.00 bits per heavy atom. The summed E-state index contributed by atoms with van der Waals surface area (Å²) in [4.78, 5) is 0. The van der Waals surface area contributed by atoms with Crippen LogP contribution < -0.4 is 4.74 Å². The highest BCUT2D eigenvalue weighted by Gasteiger charge is 2.02. The minimum Gasteiger partial charge on any atom is -0.508 e. The summed E-state index contributed by atoms with van der Waals surface area (Å²) in [6.07, 6.45) is 0. The topological polar surface area (TPSA) is 29.5 Å². The van der Waals surface area contributed by atoms with Crippen LogP contribution >= 0.6 is 27.5 Å². The van der Waals surface area contributed by atoms with E-state index in [0.29, 0.717) is 11.6 Å². The second-order valence-corrected chi connectivity index (χ2v) is 4.84. The summed E-state index contributed by atoms with van der Waals surface area (Å²) in [6, 6.07) is 12.4. The van der Waals surface area contributed by atoms with Gasteiger partial charge in [0.05, 0.1) is 5.02 Å². The second-order valence-electron chi connectivity index (χ2n) is 3.52. The van der Waals surface area contributed by atoms with Crippen molar-refractivity contribution in [2.75, 3.05) is 0 Å². The molecule has 0 bridgehead atoms. The van der Waals surface area contributed by atoms with Crippen molar-refractivity contribution in [1.29, 1.82) is 0 Å². The summed E-state index contributed by atoms with van der Waals surface area (Å²) < 4.78 is 6.56. The molecule has 0 aromatic heterocycles. The van der Waals surface area contributed by atoms with Crippen LogP contribution in [0.5, 0.6) is 11.5 Å². The standard InChI is InChI=1S/C13H10BrClO2/c14-10-2-1-3-12(6-10)17-8-9-4-5-11(16)7-13(9)15/h1-7,16H,8H2. The Bertz CT molecular complexity index is 529. The molecule has 0 saturated heterocycles. The predicted molar refractivity (Wildman–Crippen MR) is 71.6 cm³/mol. The normalized spacial score (nSPS) is 10.2. The third kappa shape index (κ3) is 3.38. The highest BCUT2D eigenvalue weighted by molar-refractivity contribution is 9.10. The molecule has 2 aromatic rings. The monoisotopic (exact) mass is 312 g/mol. The summed E-state index contributed by atoms with van der Waals surface area (Å²) in [6.45, 7) is 0.371. The Labute approximate surface area is 113 Å². The van der Waals surface area contributed by atoms with Gasteiger partial charge in [0, 0.05) is 10.0 Å². The molecule has 2 rings (SSSR count). The van der Waals surface area contributed by atoms with E-state index in [4.69, 9.17) is 16.3 Å². The van der Waals surface area contributed by atoms with E-state index in [2.05, 4.69) is 15.9 Å². The molecule has 0 aliphatic rings. The van der Waals surface area contributed by atoms with E-state index in [-0.39, 0.29) is 5.75 Å². The van der Waals surface area contributed by atoms with Crippen molar-refractivity contribution >= 4 is 27.5 Å². The lowest BCUT2D eigenvalue weighted by Gasteiger charge is -2.08. The number of rotatable bonds is 3. The van der Waals surface area contributed by atoms with Gasteiger partial charge in [-0.1, -0.05) is 39.7 Å². The van der Waals surface area contributed by atoms with Gasteiger partial charge in [-0.25, -0.2) is 0 Å². The zero-order valence-corrected chi connectivity index (χ0v) is 11.2. The van der Waals surface area contributed by atoms with Crippen molar-refractivity contribution in [2.45, 2.75) is 6.61 Å². The average molecular weight is 314 g/mol. The molecular weight excluding hydrogens is 303 g/mol. The van der Waals surface area contributed by atoms with Gasteiger partial charge in [0.25, 0.3) is 0 Å². The van der Waals surface area contributed by atoms with Crippen LogP contribution in [-0.2, 0) is 6.61 Å². The van der Waals surface area contributed by atoms with Gasteiger partial charge in [-0.05, 0) is 30.3 Å². The first-order valence-corrected chi connectivity index (χ1v) is 6.18. The lowest BCUT2D eigenvalue weighted by atomic mass is 10.2. The van der Waals surface area contributed by atoms with Gasteiger partial charge < -0.3 is 9.84 Å². The van der Waals surface area contributed by atoms with E-state index < -0.39 is 0 Å². The lowest BCUT2D eigenvalue weighted by molar-refractivity contribution is 0.306. The molecule has 1 N–H and O–H groups in total. The molecule has 0 atom stereocenters. The van der Waals surface area contributed by atoms with E-state index in [1.54, 1.807) is 12.1 Å². The zero-order valence-electron chi connectivity index (χ0n) is 8.86. The Morgan fingerprint density at radius 1 is 1.18 bits per heavy atom. The van der Waals surface area contributed by atoms with Crippen LogP contribution in [0.1, 0.15) is 5.56 Å². The SMILES string of the molecule is Oc1ccc(COc2cccc(Br)c2)c(Cl)c1. The van der Waals surface area contributed by atoms with Gasteiger partial charge in [-0.3, -0.25) is 0 Å². The first-order valence-electron chi connectivity index (χ1n) is 5.01. The number of phenols is 1. The molecule has 0 spiro atoms. The van der Waals surface area contributed by atoms with E-state index in [1.807, 2.05) is 24.3 Å². The lowest BCUT2D eigenvalue weighted by Crippen LogP contribution is -1.95. The van der Waals surface area contributed by atoms with Crippen molar-refractivity contribution in [3.63, 3.8) is 0 Å². The molecule has 2 nitrogen and oxygen atoms in total. The maximum Gasteiger partial charge on any atom is 0.120 e. The quantitative estimate of drug-likeness (QED) is 0.911. The first-order chi connectivity index (χ1) is 8.15. The van der Waals surface area contributed by atoms with Gasteiger partial charge in [-0.2, -0.15) is 0 Å². The maximum atomic E-state index is 9.23. The number of benzene rings is 2. The van der Waals surface area contributed by atoms with Gasteiger partial charge in [0.2, 0.25) is 0 Å². The van der Waals surface area contributed by atoms with Crippen molar-refractivity contribution in [1.82, 2.24) is 0 Å². The molecular formula is C13H10BrClO2. The summed E-state index contributed by atoms with van der Waals surface area (Å²) in [7, 11) is 0. The average Bonchev–Trinajstić information content (AvgIpc) is 2.28. The third-order valence-electron chi connectivity index (χ3n) is 2.23. The Hall–Kier alpha value is -1.19. The van der Waals surface area contributed by atoms with Crippen LogP contribution in [-0.4, -0.2) is 5.11 Å². The molecule has 0 aliphatic carbocycles. The Morgan fingerprint density at radius 3 is 2.71 bits per heavy atom. The van der Waals surface area contributed by atoms with Crippen molar-refractivity contribution in [3.05, 3.63) is 57.5 Å². The molecule has 0 saturated carbocycles. The van der Waals surface area contributed by atoms with E-state index in [0.717, 1.165) is 15.8 Å². The number of ether oxygens (including phenoxy) is 1. The van der Waals surface area contributed by atoms with Crippen LogP contribution in [0.2, 0.25) is 5.02 Å². The molecule has 0 heterocycles. The summed E-state index contributed by atoms with van der Waals surface area (Å²) in [5, 5.41) is 9.73. The number of hydrogen-bond acceptors (Lipinski definition) is 2. The van der Waals surface area contributed by atoms with Crippen LogP contribution in [0.15, 0.2) is 46.9 Å². The fourth-order valence-electron chi connectivity index (χ4n) is 1.37. The van der Waals surface area contributed by atoms with Gasteiger partial charge in [-0.15, -0.1) is 0 Å². The van der Waals surface area contributed by atoms with E-state index >= 15 is 0 Å². The maximum absolute atomic E-state index is 9.23. The number of aromatic hydroxyl groups is 1. The molecule has 2 aromatic carbocycles.